The lowest BCUT2D eigenvalue weighted by Gasteiger charge is -2.19. The van der Waals surface area contributed by atoms with Crippen LogP contribution < -0.4 is 5.32 Å². The van der Waals surface area contributed by atoms with Gasteiger partial charge in [-0.15, -0.1) is 0 Å². The van der Waals surface area contributed by atoms with E-state index < -0.39 is 5.97 Å². The minimum absolute atomic E-state index is 0.226. The van der Waals surface area contributed by atoms with Crippen LogP contribution in [0.15, 0.2) is 60.7 Å². The number of hydrogen-bond acceptors (Lipinski definition) is 2. The predicted molar refractivity (Wildman–Crippen MR) is 93.6 cm³/mol. The number of carboxylic acid groups (broad SMARTS) is 1. The van der Waals surface area contributed by atoms with Crippen molar-refractivity contribution in [2.75, 3.05) is 6.54 Å². The largest absolute Gasteiger partial charge is 0.481 e. The zero-order valence-corrected chi connectivity index (χ0v) is 13.4. The Bertz CT molecular complexity index is 569. The highest BCUT2D eigenvalue weighted by molar-refractivity contribution is 5.66. The first-order valence-electron chi connectivity index (χ1n) is 8.27. The van der Waals surface area contributed by atoms with Gasteiger partial charge in [0.25, 0.3) is 0 Å². The molecule has 0 aliphatic rings. The Labute approximate surface area is 138 Å². The summed E-state index contributed by atoms with van der Waals surface area (Å²) in [5.41, 5.74) is 2.66. The summed E-state index contributed by atoms with van der Waals surface area (Å²) >= 11 is 0. The molecule has 1 atom stereocenters. The summed E-state index contributed by atoms with van der Waals surface area (Å²) in [5, 5.41) is 12.3. The van der Waals surface area contributed by atoms with Crippen LogP contribution in [0.1, 0.15) is 30.4 Å². The van der Waals surface area contributed by atoms with Gasteiger partial charge in [-0.25, -0.2) is 0 Å². The summed E-state index contributed by atoms with van der Waals surface area (Å²) < 4.78 is 0. The van der Waals surface area contributed by atoms with Crippen molar-refractivity contribution in [3.8, 4) is 0 Å². The molecule has 23 heavy (non-hydrogen) atoms. The van der Waals surface area contributed by atoms with Crippen LogP contribution in [0.25, 0.3) is 0 Å². The van der Waals surface area contributed by atoms with Crippen molar-refractivity contribution in [1.82, 2.24) is 5.32 Å². The quantitative estimate of drug-likeness (QED) is 0.658. The number of aliphatic carboxylic acids is 1. The molecule has 1 unspecified atom stereocenters. The van der Waals surface area contributed by atoms with E-state index in [1.54, 1.807) is 0 Å². The van der Waals surface area contributed by atoms with E-state index in [4.69, 9.17) is 5.11 Å². The van der Waals surface area contributed by atoms with Gasteiger partial charge in [-0.3, -0.25) is 4.79 Å². The molecule has 0 fully saturated rings. The minimum atomic E-state index is -0.726. The van der Waals surface area contributed by atoms with Crippen LogP contribution in [0.2, 0.25) is 0 Å². The molecule has 0 aliphatic carbocycles. The van der Waals surface area contributed by atoms with E-state index in [9.17, 15) is 4.79 Å². The Morgan fingerprint density at radius 2 is 1.57 bits per heavy atom. The number of rotatable bonds is 10. The monoisotopic (exact) mass is 311 g/mol. The Morgan fingerprint density at radius 3 is 2.17 bits per heavy atom. The number of hydrogen-bond donors (Lipinski definition) is 2. The van der Waals surface area contributed by atoms with Crippen LogP contribution in [-0.4, -0.2) is 23.7 Å². The standard InChI is InChI=1S/C20H25NO2/c22-20(23)12-7-15-21-19(16-18-10-5-2-6-11-18)14-13-17-8-3-1-4-9-17/h1-6,8-11,19,21H,7,12-16H2,(H,22,23). The van der Waals surface area contributed by atoms with E-state index in [-0.39, 0.29) is 6.42 Å². The molecule has 2 rings (SSSR count). The second-order valence-electron chi connectivity index (χ2n) is 5.86. The van der Waals surface area contributed by atoms with E-state index >= 15 is 0 Å². The molecule has 2 aromatic carbocycles. The van der Waals surface area contributed by atoms with Gasteiger partial charge < -0.3 is 10.4 Å². The van der Waals surface area contributed by atoms with Crippen molar-refractivity contribution < 1.29 is 9.90 Å². The average Bonchev–Trinajstić information content (AvgIpc) is 2.58. The van der Waals surface area contributed by atoms with Gasteiger partial charge in [0.05, 0.1) is 0 Å². The van der Waals surface area contributed by atoms with Crippen molar-refractivity contribution in [3.63, 3.8) is 0 Å². The molecular weight excluding hydrogens is 286 g/mol. The van der Waals surface area contributed by atoms with Gasteiger partial charge in [0, 0.05) is 12.5 Å². The van der Waals surface area contributed by atoms with Gasteiger partial charge in [-0.05, 0) is 43.4 Å². The maximum atomic E-state index is 10.6. The van der Waals surface area contributed by atoms with Crippen LogP contribution in [0.5, 0.6) is 0 Å². The average molecular weight is 311 g/mol. The smallest absolute Gasteiger partial charge is 0.303 e. The Kier molecular flexibility index (Phi) is 7.34. The minimum Gasteiger partial charge on any atom is -0.481 e. The van der Waals surface area contributed by atoms with E-state index in [0.29, 0.717) is 12.5 Å². The summed E-state index contributed by atoms with van der Waals surface area (Å²) in [5.74, 6) is -0.726. The molecule has 0 aliphatic heterocycles. The molecule has 0 radical (unpaired) electrons. The lowest BCUT2D eigenvalue weighted by molar-refractivity contribution is -0.137. The Morgan fingerprint density at radius 1 is 0.957 bits per heavy atom. The number of carbonyl (C=O) groups is 1. The fourth-order valence-corrected chi connectivity index (χ4v) is 2.71. The van der Waals surface area contributed by atoms with E-state index in [1.165, 1.54) is 11.1 Å². The molecule has 3 heteroatoms. The molecule has 2 N–H and O–H groups in total. The van der Waals surface area contributed by atoms with Crippen LogP contribution >= 0.6 is 0 Å². The number of benzene rings is 2. The van der Waals surface area contributed by atoms with Gasteiger partial charge in [0.1, 0.15) is 0 Å². The Hall–Kier alpha value is -2.13. The molecule has 122 valence electrons. The fraction of sp³-hybridized carbons (Fsp3) is 0.350. The molecule has 0 spiro atoms. The summed E-state index contributed by atoms with van der Waals surface area (Å²) in [6.07, 6.45) is 3.95. The second-order valence-corrected chi connectivity index (χ2v) is 5.86. The summed E-state index contributed by atoms with van der Waals surface area (Å²) in [6, 6.07) is 21.3. The van der Waals surface area contributed by atoms with E-state index in [1.807, 2.05) is 12.1 Å². The number of nitrogens with one attached hydrogen (secondary N) is 1. The van der Waals surface area contributed by atoms with Crippen LogP contribution in [0, 0.1) is 0 Å². The lowest BCUT2D eigenvalue weighted by Crippen LogP contribution is -2.32. The maximum Gasteiger partial charge on any atom is 0.303 e. The Balaban J connectivity index is 1.86. The number of carboxylic acids is 1. The third kappa shape index (κ3) is 7.11. The zero-order valence-electron chi connectivity index (χ0n) is 13.4. The first-order chi connectivity index (χ1) is 11.2. The van der Waals surface area contributed by atoms with Gasteiger partial charge in [0.2, 0.25) is 0 Å². The first-order valence-corrected chi connectivity index (χ1v) is 8.27. The maximum absolute atomic E-state index is 10.6. The molecule has 3 nitrogen and oxygen atoms in total. The van der Waals surface area contributed by atoms with Crippen LogP contribution in [-0.2, 0) is 17.6 Å². The SMILES string of the molecule is O=C(O)CCCNC(CCc1ccccc1)Cc1ccccc1. The molecular formula is C20H25NO2. The summed E-state index contributed by atoms with van der Waals surface area (Å²) in [6.45, 7) is 0.749. The highest BCUT2D eigenvalue weighted by Crippen LogP contribution is 2.10. The first kappa shape index (κ1) is 17.2. The van der Waals surface area contributed by atoms with Crippen LogP contribution in [0.4, 0.5) is 0 Å². The van der Waals surface area contributed by atoms with Gasteiger partial charge in [-0.1, -0.05) is 60.7 Å². The lowest BCUT2D eigenvalue weighted by atomic mass is 9.99. The van der Waals surface area contributed by atoms with E-state index in [2.05, 4.69) is 53.8 Å². The van der Waals surface area contributed by atoms with Crippen molar-refractivity contribution in [2.45, 2.75) is 38.1 Å². The molecule has 0 heterocycles. The van der Waals surface area contributed by atoms with Crippen molar-refractivity contribution in [3.05, 3.63) is 71.8 Å². The third-order valence-corrected chi connectivity index (χ3v) is 3.95. The predicted octanol–water partition coefficient (Wildman–Crippen LogP) is 3.68. The van der Waals surface area contributed by atoms with Crippen molar-refractivity contribution in [2.24, 2.45) is 0 Å². The molecule has 0 aromatic heterocycles. The summed E-state index contributed by atoms with van der Waals surface area (Å²) in [7, 11) is 0. The summed E-state index contributed by atoms with van der Waals surface area (Å²) in [4.78, 5) is 10.6. The van der Waals surface area contributed by atoms with Crippen molar-refractivity contribution in [1.29, 1.82) is 0 Å². The molecule has 0 amide bonds. The van der Waals surface area contributed by atoms with Gasteiger partial charge in [-0.2, -0.15) is 0 Å². The van der Waals surface area contributed by atoms with Crippen molar-refractivity contribution >= 4 is 5.97 Å². The number of aryl methyl sites for hydroxylation is 1. The highest BCUT2D eigenvalue weighted by Gasteiger charge is 2.10. The van der Waals surface area contributed by atoms with Gasteiger partial charge in [0.15, 0.2) is 0 Å². The second kappa shape index (κ2) is 9.80. The molecule has 0 saturated carbocycles. The zero-order chi connectivity index (χ0) is 16.3. The molecule has 2 aromatic rings. The van der Waals surface area contributed by atoms with Gasteiger partial charge >= 0.3 is 5.97 Å². The third-order valence-electron chi connectivity index (χ3n) is 3.95. The molecule has 0 saturated heterocycles. The highest BCUT2D eigenvalue weighted by atomic mass is 16.4. The van der Waals surface area contributed by atoms with E-state index in [0.717, 1.165) is 25.8 Å². The molecule has 0 bridgehead atoms. The topological polar surface area (TPSA) is 49.3 Å². The normalized spacial score (nSPS) is 12.0. The van der Waals surface area contributed by atoms with Crippen LogP contribution in [0.3, 0.4) is 0 Å². The fourth-order valence-electron chi connectivity index (χ4n) is 2.71.